The molecule has 2 aromatic heterocycles. The quantitative estimate of drug-likeness (QED) is 0.516. The van der Waals surface area contributed by atoms with Gasteiger partial charge in [0.15, 0.2) is 6.61 Å². The molecule has 164 valence electrons. The first-order valence-corrected chi connectivity index (χ1v) is 9.66. The van der Waals surface area contributed by atoms with Crippen LogP contribution in [0.25, 0.3) is 11.4 Å². The average molecular weight is 455 g/mol. The van der Waals surface area contributed by atoms with Crippen LogP contribution in [0.4, 0.5) is 13.2 Å². The fourth-order valence-corrected chi connectivity index (χ4v) is 2.68. The smallest absolute Gasteiger partial charge is 0.422 e. The zero-order valence-electron chi connectivity index (χ0n) is 16.2. The molecule has 0 aliphatic carbocycles. The topological polar surface area (TPSA) is 90.1 Å². The van der Waals surface area contributed by atoms with Crippen molar-refractivity contribution in [3.05, 3.63) is 59.1 Å². The normalized spacial score (nSPS) is 11.4. The van der Waals surface area contributed by atoms with Gasteiger partial charge in [-0.2, -0.15) is 18.2 Å². The molecule has 0 saturated heterocycles. The Morgan fingerprint density at radius 2 is 1.97 bits per heavy atom. The van der Waals surface area contributed by atoms with E-state index in [1.807, 2.05) is 0 Å². The number of halogens is 4. The number of aryl methyl sites for hydroxylation is 1. The summed E-state index contributed by atoms with van der Waals surface area (Å²) in [5, 5.41) is 7.21. The molecule has 0 radical (unpaired) electrons. The Hall–Kier alpha value is -3.14. The van der Waals surface area contributed by atoms with Gasteiger partial charge in [-0.1, -0.05) is 16.8 Å². The molecule has 0 saturated carbocycles. The van der Waals surface area contributed by atoms with Gasteiger partial charge in [0.25, 0.3) is 0 Å². The van der Waals surface area contributed by atoms with E-state index in [-0.39, 0.29) is 24.8 Å². The Bertz CT molecular complexity index is 1010. The third-order valence-electron chi connectivity index (χ3n) is 4.04. The summed E-state index contributed by atoms with van der Waals surface area (Å²) in [4.78, 5) is 20.0. The van der Waals surface area contributed by atoms with Crippen LogP contribution in [0.5, 0.6) is 5.88 Å². The van der Waals surface area contributed by atoms with E-state index >= 15 is 0 Å². The summed E-state index contributed by atoms with van der Waals surface area (Å²) in [6.45, 7) is -1.28. The maximum Gasteiger partial charge on any atom is 0.422 e. The lowest BCUT2D eigenvalue weighted by Gasteiger charge is -2.09. The van der Waals surface area contributed by atoms with Gasteiger partial charge < -0.3 is 14.6 Å². The minimum absolute atomic E-state index is 0.144. The number of hydrogen-bond acceptors (Lipinski definition) is 6. The van der Waals surface area contributed by atoms with Crippen LogP contribution in [0, 0.1) is 0 Å². The molecule has 1 aromatic carbocycles. The number of benzene rings is 1. The third-order valence-corrected chi connectivity index (χ3v) is 4.29. The number of carbonyl (C=O) groups is 1. The summed E-state index contributed by atoms with van der Waals surface area (Å²) in [6, 6.07) is 9.95. The number of rotatable bonds is 9. The van der Waals surface area contributed by atoms with Crippen LogP contribution in [-0.2, 0) is 17.8 Å². The fourth-order valence-electron chi connectivity index (χ4n) is 2.56. The molecule has 1 amide bonds. The summed E-state index contributed by atoms with van der Waals surface area (Å²) in [5.74, 6) is 0.486. The second-order valence-corrected chi connectivity index (χ2v) is 6.99. The summed E-state index contributed by atoms with van der Waals surface area (Å²) in [7, 11) is 0. The van der Waals surface area contributed by atoms with Crippen molar-refractivity contribution in [2.45, 2.75) is 32.0 Å². The predicted molar refractivity (Wildman–Crippen MR) is 105 cm³/mol. The molecule has 0 aliphatic rings. The van der Waals surface area contributed by atoms with Crippen molar-refractivity contribution < 1.29 is 27.2 Å². The minimum Gasteiger partial charge on any atom is -0.468 e. The molecule has 7 nitrogen and oxygen atoms in total. The first kappa shape index (κ1) is 22.5. The summed E-state index contributed by atoms with van der Waals surface area (Å²) >= 11 is 5.85. The SMILES string of the molecule is O=C(CCCc1nc(-c2ccc(Cl)cc2)no1)NCc1ccnc(OCC(F)(F)F)c1. The largest absolute Gasteiger partial charge is 0.468 e. The summed E-state index contributed by atoms with van der Waals surface area (Å²) in [5.41, 5.74) is 1.35. The molecule has 31 heavy (non-hydrogen) atoms. The Balaban J connectivity index is 1.40. The average Bonchev–Trinajstić information content (AvgIpc) is 3.20. The number of alkyl halides is 3. The molecule has 2 heterocycles. The van der Waals surface area contributed by atoms with Gasteiger partial charge in [0, 0.05) is 42.2 Å². The minimum atomic E-state index is -4.44. The third kappa shape index (κ3) is 7.56. The van der Waals surface area contributed by atoms with Gasteiger partial charge in [-0.3, -0.25) is 4.79 Å². The van der Waals surface area contributed by atoms with Crippen LogP contribution in [0.15, 0.2) is 47.1 Å². The zero-order valence-corrected chi connectivity index (χ0v) is 16.9. The molecule has 11 heteroatoms. The van der Waals surface area contributed by atoms with Gasteiger partial charge >= 0.3 is 6.18 Å². The highest BCUT2D eigenvalue weighted by molar-refractivity contribution is 6.30. The molecule has 0 bridgehead atoms. The predicted octanol–water partition coefficient (Wildman–Crippen LogP) is 4.37. The van der Waals surface area contributed by atoms with Gasteiger partial charge in [0.1, 0.15) is 0 Å². The highest BCUT2D eigenvalue weighted by Crippen LogP contribution is 2.19. The number of pyridine rings is 1. The standard InChI is InChI=1S/C20H18ClF3N4O3/c21-15-6-4-14(5-7-15)19-27-17(31-28-19)3-1-2-16(29)26-11-13-8-9-25-18(10-13)30-12-20(22,23)24/h4-10H,1-3,11-12H2,(H,26,29). The number of amides is 1. The first-order valence-electron chi connectivity index (χ1n) is 9.28. The van der Waals surface area contributed by atoms with Crippen LogP contribution in [-0.4, -0.2) is 33.8 Å². The molecule has 0 fully saturated rings. The molecular weight excluding hydrogens is 437 g/mol. The van der Waals surface area contributed by atoms with Gasteiger partial charge in [0.05, 0.1) is 0 Å². The number of hydrogen-bond donors (Lipinski definition) is 1. The molecule has 0 unspecified atom stereocenters. The van der Waals surface area contributed by atoms with Crippen LogP contribution < -0.4 is 10.1 Å². The van der Waals surface area contributed by atoms with E-state index in [0.29, 0.717) is 35.1 Å². The Morgan fingerprint density at radius 1 is 1.19 bits per heavy atom. The maximum absolute atomic E-state index is 12.2. The second-order valence-electron chi connectivity index (χ2n) is 6.56. The van der Waals surface area contributed by atoms with Gasteiger partial charge in [-0.25, -0.2) is 4.98 Å². The van der Waals surface area contributed by atoms with Gasteiger partial charge in [-0.05, 0) is 42.3 Å². The van der Waals surface area contributed by atoms with E-state index < -0.39 is 12.8 Å². The summed E-state index contributed by atoms with van der Waals surface area (Å²) < 4.78 is 46.4. The number of nitrogens with zero attached hydrogens (tertiary/aromatic N) is 3. The van der Waals surface area contributed by atoms with Crippen molar-refractivity contribution in [3.8, 4) is 17.3 Å². The van der Waals surface area contributed by atoms with Crippen molar-refractivity contribution in [1.29, 1.82) is 0 Å². The maximum atomic E-state index is 12.2. The first-order chi connectivity index (χ1) is 14.8. The van der Waals surface area contributed by atoms with Crippen LogP contribution in [0.2, 0.25) is 5.02 Å². The molecular formula is C20H18ClF3N4O3. The lowest BCUT2D eigenvalue weighted by Crippen LogP contribution is -2.23. The molecule has 1 N–H and O–H groups in total. The van der Waals surface area contributed by atoms with E-state index in [1.165, 1.54) is 12.3 Å². The van der Waals surface area contributed by atoms with Gasteiger partial charge in [-0.15, -0.1) is 0 Å². The summed E-state index contributed by atoms with van der Waals surface area (Å²) in [6.07, 6.45) is -1.98. The van der Waals surface area contributed by atoms with E-state index in [4.69, 9.17) is 16.1 Å². The van der Waals surface area contributed by atoms with Crippen LogP contribution in [0.1, 0.15) is 24.3 Å². The lowest BCUT2D eigenvalue weighted by molar-refractivity contribution is -0.154. The van der Waals surface area contributed by atoms with Crippen LogP contribution in [0.3, 0.4) is 0 Å². The zero-order chi connectivity index (χ0) is 22.3. The van der Waals surface area contributed by atoms with Crippen molar-refractivity contribution in [1.82, 2.24) is 20.4 Å². The van der Waals surface area contributed by atoms with Crippen molar-refractivity contribution in [2.75, 3.05) is 6.61 Å². The molecule has 0 atom stereocenters. The molecule has 0 spiro atoms. The van der Waals surface area contributed by atoms with Crippen molar-refractivity contribution in [2.24, 2.45) is 0 Å². The van der Waals surface area contributed by atoms with Gasteiger partial charge in [0.2, 0.25) is 23.5 Å². The Kier molecular flexibility index (Phi) is 7.45. The van der Waals surface area contributed by atoms with E-state index in [0.717, 1.165) is 5.56 Å². The van der Waals surface area contributed by atoms with E-state index in [9.17, 15) is 18.0 Å². The highest BCUT2D eigenvalue weighted by atomic mass is 35.5. The second kappa shape index (κ2) is 10.3. The fraction of sp³-hybridized carbons (Fsp3) is 0.300. The molecule has 0 aliphatic heterocycles. The monoisotopic (exact) mass is 454 g/mol. The number of aromatic nitrogens is 3. The van der Waals surface area contributed by atoms with Crippen molar-refractivity contribution in [3.63, 3.8) is 0 Å². The number of ether oxygens (including phenoxy) is 1. The number of nitrogens with one attached hydrogen (secondary N) is 1. The van der Waals surface area contributed by atoms with Crippen molar-refractivity contribution >= 4 is 17.5 Å². The lowest BCUT2D eigenvalue weighted by atomic mass is 10.2. The molecule has 3 aromatic rings. The number of carbonyl (C=O) groups excluding carboxylic acids is 1. The Morgan fingerprint density at radius 3 is 2.71 bits per heavy atom. The Labute approximate surface area is 180 Å². The molecule has 3 rings (SSSR count). The highest BCUT2D eigenvalue weighted by Gasteiger charge is 2.28. The van der Waals surface area contributed by atoms with E-state index in [1.54, 1.807) is 30.3 Å². The van der Waals surface area contributed by atoms with E-state index in [2.05, 4.69) is 25.2 Å². The van der Waals surface area contributed by atoms with Crippen LogP contribution >= 0.6 is 11.6 Å².